The molecule has 4 heteroatoms. The van der Waals surface area contributed by atoms with Gasteiger partial charge in [-0.1, -0.05) is 20.3 Å². The van der Waals surface area contributed by atoms with Crippen LogP contribution in [0.25, 0.3) is 0 Å². The van der Waals surface area contributed by atoms with Gasteiger partial charge in [0.15, 0.2) is 0 Å². The number of nitrogens with two attached hydrogens (primary N) is 2. The summed E-state index contributed by atoms with van der Waals surface area (Å²) in [7, 11) is 0. The third kappa shape index (κ3) is 22.6. The summed E-state index contributed by atoms with van der Waals surface area (Å²) in [5, 5.41) is 6.43. The highest BCUT2D eigenvalue weighted by molar-refractivity contribution is 4.51. The number of nitrogens with one attached hydrogen (secondary N) is 2. The van der Waals surface area contributed by atoms with E-state index in [1.165, 1.54) is 6.42 Å². The molecule has 0 rings (SSSR count). The lowest BCUT2D eigenvalue weighted by Gasteiger charge is -2.03. The molecule has 0 aromatic heterocycles. The Morgan fingerprint density at radius 3 is 1.43 bits per heavy atom. The lowest BCUT2D eigenvalue weighted by Crippen LogP contribution is -2.28. The number of rotatable bonds is 8. The van der Waals surface area contributed by atoms with Crippen molar-refractivity contribution in [1.29, 1.82) is 0 Å². The molecule has 14 heavy (non-hydrogen) atoms. The highest BCUT2D eigenvalue weighted by atomic mass is 14.9. The standard InChI is InChI=1S/C7H20N4.C3H8/c8-2-6-10-4-1-5-11-7-3-9;1-3-2/h10-11H,1-9H2;3H2,1-2H3. The SMILES string of the molecule is CCC.NCCNCCCNCCN. The summed E-state index contributed by atoms with van der Waals surface area (Å²) >= 11 is 0. The van der Waals surface area contributed by atoms with E-state index >= 15 is 0 Å². The van der Waals surface area contributed by atoms with E-state index in [-0.39, 0.29) is 0 Å². The molecule has 0 bridgehead atoms. The van der Waals surface area contributed by atoms with Crippen molar-refractivity contribution in [1.82, 2.24) is 10.6 Å². The fraction of sp³-hybridized carbons (Fsp3) is 1.00. The van der Waals surface area contributed by atoms with E-state index < -0.39 is 0 Å². The Morgan fingerprint density at radius 2 is 1.14 bits per heavy atom. The molecule has 0 aromatic carbocycles. The molecule has 0 atom stereocenters. The van der Waals surface area contributed by atoms with Crippen LogP contribution in [0.2, 0.25) is 0 Å². The van der Waals surface area contributed by atoms with E-state index in [2.05, 4.69) is 24.5 Å². The maximum absolute atomic E-state index is 5.30. The second-order valence-electron chi connectivity index (χ2n) is 3.14. The molecule has 0 amide bonds. The lowest BCUT2D eigenvalue weighted by atomic mass is 10.4. The van der Waals surface area contributed by atoms with Gasteiger partial charge in [0.1, 0.15) is 0 Å². The first-order valence-corrected chi connectivity index (χ1v) is 5.64. The molecule has 0 fully saturated rings. The predicted octanol–water partition coefficient (Wildman–Crippen LogP) is -0.111. The summed E-state index contributed by atoms with van der Waals surface area (Å²) in [6.07, 6.45) is 2.39. The van der Waals surface area contributed by atoms with Crippen LogP contribution >= 0.6 is 0 Å². The van der Waals surface area contributed by atoms with Crippen molar-refractivity contribution in [2.45, 2.75) is 26.7 Å². The highest BCUT2D eigenvalue weighted by Crippen LogP contribution is 1.71. The van der Waals surface area contributed by atoms with E-state index in [0.717, 1.165) is 45.7 Å². The first-order chi connectivity index (χ1) is 6.83. The van der Waals surface area contributed by atoms with Crippen LogP contribution < -0.4 is 22.1 Å². The summed E-state index contributed by atoms with van der Waals surface area (Å²) < 4.78 is 0. The van der Waals surface area contributed by atoms with E-state index in [1.807, 2.05) is 0 Å². The quantitative estimate of drug-likeness (QED) is 0.416. The topological polar surface area (TPSA) is 76.1 Å². The van der Waals surface area contributed by atoms with Crippen molar-refractivity contribution in [3.63, 3.8) is 0 Å². The second-order valence-corrected chi connectivity index (χ2v) is 3.14. The summed E-state index contributed by atoms with van der Waals surface area (Å²) in [6, 6.07) is 0. The van der Waals surface area contributed by atoms with Crippen LogP contribution in [0.15, 0.2) is 0 Å². The Kier molecular flexibility index (Phi) is 21.6. The number of hydrogen-bond acceptors (Lipinski definition) is 4. The van der Waals surface area contributed by atoms with Crippen LogP contribution in [0.1, 0.15) is 26.7 Å². The van der Waals surface area contributed by atoms with Gasteiger partial charge < -0.3 is 22.1 Å². The van der Waals surface area contributed by atoms with Crippen LogP contribution in [-0.2, 0) is 0 Å². The number of hydrogen-bond donors (Lipinski definition) is 4. The van der Waals surface area contributed by atoms with E-state index in [0.29, 0.717) is 0 Å². The Bertz CT molecular complexity index is 70.5. The van der Waals surface area contributed by atoms with Gasteiger partial charge in [-0.15, -0.1) is 0 Å². The molecule has 0 saturated heterocycles. The third-order valence-electron chi connectivity index (χ3n) is 1.35. The first kappa shape index (κ1) is 16.3. The van der Waals surface area contributed by atoms with Crippen LogP contribution in [0, 0.1) is 0 Å². The van der Waals surface area contributed by atoms with Crippen LogP contribution in [-0.4, -0.2) is 39.3 Å². The zero-order valence-corrected chi connectivity index (χ0v) is 9.81. The lowest BCUT2D eigenvalue weighted by molar-refractivity contribution is 0.602. The van der Waals surface area contributed by atoms with Gasteiger partial charge >= 0.3 is 0 Å². The summed E-state index contributed by atoms with van der Waals surface area (Å²) in [5.41, 5.74) is 10.6. The minimum atomic E-state index is 0.718. The monoisotopic (exact) mass is 204 g/mol. The minimum absolute atomic E-state index is 0.718. The predicted molar refractivity (Wildman–Crippen MR) is 64.4 cm³/mol. The molecule has 0 aliphatic rings. The normalized spacial score (nSPS) is 9.43. The Labute approximate surface area is 88.8 Å². The van der Waals surface area contributed by atoms with Crippen molar-refractivity contribution in [2.75, 3.05) is 39.3 Å². The van der Waals surface area contributed by atoms with Crippen molar-refractivity contribution in [3.05, 3.63) is 0 Å². The van der Waals surface area contributed by atoms with Crippen LogP contribution in [0.4, 0.5) is 0 Å². The Hall–Kier alpha value is -0.160. The van der Waals surface area contributed by atoms with E-state index in [1.54, 1.807) is 0 Å². The molecule has 0 spiro atoms. The Balaban J connectivity index is 0. The average molecular weight is 204 g/mol. The molecule has 0 heterocycles. The molecule has 0 aliphatic heterocycles. The van der Waals surface area contributed by atoms with Gasteiger partial charge in [0.25, 0.3) is 0 Å². The van der Waals surface area contributed by atoms with Crippen molar-refractivity contribution in [3.8, 4) is 0 Å². The van der Waals surface area contributed by atoms with Crippen molar-refractivity contribution >= 4 is 0 Å². The molecule has 6 N–H and O–H groups in total. The first-order valence-electron chi connectivity index (χ1n) is 5.64. The average Bonchev–Trinajstić information content (AvgIpc) is 2.18. The second kappa shape index (κ2) is 18.6. The fourth-order valence-electron chi connectivity index (χ4n) is 0.793. The molecular weight excluding hydrogens is 176 g/mol. The van der Waals surface area contributed by atoms with Crippen molar-refractivity contribution in [2.24, 2.45) is 11.5 Å². The van der Waals surface area contributed by atoms with Crippen LogP contribution in [0.5, 0.6) is 0 Å². The summed E-state index contributed by atoms with van der Waals surface area (Å²) in [6.45, 7) is 9.59. The molecule has 0 aliphatic carbocycles. The van der Waals surface area contributed by atoms with Gasteiger partial charge in [0.05, 0.1) is 0 Å². The van der Waals surface area contributed by atoms with E-state index in [4.69, 9.17) is 11.5 Å². The van der Waals surface area contributed by atoms with Gasteiger partial charge in [0, 0.05) is 26.2 Å². The van der Waals surface area contributed by atoms with Gasteiger partial charge in [-0.2, -0.15) is 0 Å². The zero-order chi connectivity index (χ0) is 11.1. The van der Waals surface area contributed by atoms with Gasteiger partial charge in [-0.05, 0) is 19.5 Å². The fourth-order valence-corrected chi connectivity index (χ4v) is 0.793. The molecule has 88 valence electrons. The molecule has 0 aromatic rings. The molecule has 0 saturated carbocycles. The van der Waals surface area contributed by atoms with Crippen LogP contribution in [0.3, 0.4) is 0 Å². The maximum Gasteiger partial charge on any atom is 0.00745 e. The van der Waals surface area contributed by atoms with Crippen molar-refractivity contribution < 1.29 is 0 Å². The largest absolute Gasteiger partial charge is 0.329 e. The van der Waals surface area contributed by atoms with Gasteiger partial charge in [-0.25, -0.2) is 0 Å². The molecule has 0 unspecified atom stereocenters. The van der Waals surface area contributed by atoms with E-state index in [9.17, 15) is 0 Å². The highest BCUT2D eigenvalue weighted by Gasteiger charge is 1.86. The van der Waals surface area contributed by atoms with Gasteiger partial charge in [0.2, 0.25) is 0 Å². The third-order valence-corrected chi connectivity index (χ3v) is 1.35. The molecule has 4 nitrogen and oxygen atoms in total. The Morgan fingerprint density at radius 1 is 0.786 bits per heavy atom. The van der Waals surface area contributed by atoms with Gasteiger partial charge in [-0.3, -0.25) is 0 Å². The smallest absolute Gasteiger partial charge is 0.00745 e. The molecular formula is C10H28N4. The molecule has 0 radical (unpaired) electrons. The summed E-state index contributed by atoms with van der Waals surface area (Å²) in [4.78, 5) is 0. The maximum atomic E-state index is 5.30. The summed E-state index contributed by atoms with van der Waals surface area (Å²) in [5.74, 6) is 0. The minimum Gasteiger partial charge on any atom is -0.329 e. The zero-order valence-electron chi connectivity index (χ0n) is 9.81.